The summed E-state index contributed by atoms with van der Waals surface area (Å²) in [6.07, 6.45) is 5.74. The summed E-state index contributed by atoms with van der Waals surface area (Å²) in [6.45, 7) is 7.99. The number of aromatic amines is 1. The molecule has 1 N–H and O–H groups in total. The monoisotopic (exact) mass is 333 g/mol. The van der Waals surface area contributed by atoms with Crippen molar-refractivity contribution < 1.29 is 0 Å². The molecule has 0 aliphatic carbocycles. The Bertz CT molecular complexity index is 865. The van der Waals surface area contributed by atoms with Gasteiger partial charge in [-0.25, -0.2) is 0 Å². The minimum atomic E-state index is 0.753. The minimum absolute atomic E-state index is 0.753. The van der Waals surface area contributed by atoms with Crippen LogP contribution in [-0.4, -0.2) is 28.2 Å². The number of likely N-dealkylation sites (tertiary alicyclic amines) is 1. The maximum Gasteiger partial charge on any atom is 0.0650 e. The van der Waals surface area contributed by atoms with Gasteiger partial charge in [-0.05, 0) is 80.0 Å². The predicted molar refractivity (Wildman–Crippen MR) is 104 cm³/mol. The van der Waals surface area contributed by atoms with Crippen molar-refractivity contribution >= 4 is 10.9 Å². The summed E-state index contributed by atoms with van der Waals surface area (Å²) in [5, 5.41) is 8.39. The van der Waals surface area contributed by atoms with Crippen LogP contribution < -0.4 is 0 Å². The molecule has 0 radical (unpaired) electrons. The molecule has 0 amide bonds. The summed E-state index contributed by atoms with van der Waals surface area (Å²) in [4.78, 5) is 2.65. The van der Waals surface area contributed by atoms with Crippen LogP contribution in [0.1, 0.15) is 35.1 Å². The van der Waals surface area contributed by atoms with E-state index >= 15 is 0 Å². The molecule has 0 spiro atoms. The van der Waals surface area contributed by atoms with Crippen molar-refractivity contribution in [3.8, 4) is 0 Å². The molecule has 1 atom stereocenters. The average molecular weight is 333 g/mol. The molecule has 1 aliphatic heterocycles. The molecule has 1 aromatic heterocycles. The van der Waals surface area contributed by atoms with Gasteiger partial charge in [0, 0.05) is 18.5 Å². The zero-order valence-corrected chi connectivity index (χ0v) is 15.3. The number of rotatable bonds is 4. The van der Waals surface area contributed by atoms with E-state index in [4.69, 9.17) is 0 Å². The summed E-state index contributed by atoms with van der Waals surface area (Å²) in [5.41, 5.74) is 6.91. The quantitative estimate of drug-likeness (QED) is 0.754. The van der Waals surface area contributed by atoms with Crippen molar-refractivity contribution in [2.45, 2.75) is 39.7 Å². The van der Waals surface area contributed by atoms with Crippen LogP contribution in [0, 0.1) is 19.8 Å². The fraction of sp³-hybridized carbons (Fsp3) is 0.409. The molecule has 0 unspecified atom stereocenters. The lowest BCUT2D eigenvalue weighted by atomic mass is 9.90. The van der Waals surface area contributed by atoms with Crippen LogP contribution in [0.15, 0.2) is 42.6 Å². The van der Waals surface area contributed by atoms with Crippen LogP contribution in [-0.2, 0) is 13.0 Å². The Morgan fingerprint density at radius 3 is 3.04 bits per heavy atom. The van der Waals surface area contributed by atoms with Gasteiger partial charge in [-0.2, -0.15) is 5.10 Å². The van der Waals surface area contributed by atoms with Crippen LogP contribution in [0.2, 0.25) is 0 Å². The summed E-state index contributed by atoms with van der Waals surface area (Å²) < 4.78 is 0. The number of H-pyrrole nitrogens is 1. The highest BCUT2D eigenvalue weighted by atomic mass is 15.1. The Morgan fingerprint density at radius 2 is 2.12 bits per heavy atom. The van der Waals surface area contributed by atoms with Gasteiger partial charge >= 0.3 is 0 Å². The van der Waals surface area contributed by atoms with Gasteiger partial charge in [0.05, 0.1) is 11.7 Å². The van der Waals surface area contributed by atoms with E-state index in [1.165, 1.54) is 60.0 Å². The second-order valence-electron chi connectivity index (χ2n) is 7.60. The smallest absolute Gasteiger partial charge is 0.0650 e. The van der Waals surface area contributed by atoms with Crippen LogP contribution in [0.5, 0.6) is 0 Å². The van der Waals surface area contributed by atoms with E-state index in [2.05, 4.69) is 65.3 Å². The summed E-state index contributed by atoms with van der Waals surface area (Å²) in [5.74, 6) is 0.753. The summed E-state index contributed by atoms with van der Waals surface area (Å²) >= 11 is 0. The first-order valence-electron chi connectivity index (χ1n) is 9.38. The molecule has 0 saturated carbocycles. The van der Waals surface area contributed by atoms with Crippen molar-refractivity contribution in [2.24, 2.45) is 5.92 Å². The second-order valence-corrected chi connectivity index (χ2v) is 7.60. The highest BCUT2D eigenvalue weighted by molar-refractivity contribution is 5.78. The Hall–Kier alpha value is -2.13. The number of nitrogens with one attached hydrogen (secondary N) is 1. The Kier molecular flexibility index (Phi) is 4.58. The predicted octanol–water partition coefficient (Wildman–Crippen LogP) is 4.63. The van der Waals surface area contributed by atoms with Crippen molar-refractivity contribution in [3.05, 3.63) is 64.8 Å². The molecular weight excluding hydrogens is 306 g/mol. The van der Waals surface area contributed by atoms with Crippen molar-refractivity contribution in [2.75, 3.05) is 13.1 Å². The van der Waals surface area contributed by atoms with Crippen molar-refractivity contribution in [1.29, 1.82) is 0 Å². The third-order valence-corrected chi connectivity index (χ3v) is 5.74. The molecule has 3 aromatic rings. The van der Waals surface area contributed by atoms with E-state index in [9.17, 15) is 0 Å². The molecule has 3 nitrogen and oxygen atoms in total. The number of piperidine rings is 1. The van der Waals surface area contributed by atoms with E-state index < -0.39 is 0 Å². The largest absolute Gasteiger partial charge is 0.299 e. The molecular formula is C22H27N3. The maximum atomic E-state index is 4.13. The number of fused-ring (bicyclic) bond motifs is 1. The van der Waals surface area contributed by atoms with Crippen LogP contribution >= 0.6 is 0 Å². The molecule has 1 fully saturated rings. The fourth-order valence-corrected chi connectivity index (χ4v) is 4.14. The number of hydrogen-bond donors (Lipinski definition) is 1. The molecule has 2 heterocycles. The van der Waals surface area contributed by atoms with Gasteiger partial charge in [0.25, 0.3) is 0 Å². The Balaban J connectivity index is 1.42. The molecule has 130 valence electrons. The highest BCUT2D eigenvalue weighted by Gasteiger charge is 2.21. The molecule has 0 bridgehead atoms. The number of aromatic nitrogens is 2. The van der Waals surface area contributed by atoms with Crippen molar-refractivity contribution in [1.82, 2.24) is 15.1 Å². The van der Waals surface area contributed by atoms with Gasteiger partial charge in [-0.15, -0.1) is 0 Å². The van der Waals surface area contributed by atoms with E-state index in [1.54, 1.807) is 0 Å². The zero-order chi connectivity index (χ0) is 17.2. The first-order chi connectivity index (χ1) is 12.2. The minimum Gasteiger partial charge on any atom is -0.299 e. The van der Waals surface area contributed by atoms with Gasteiger partial charge in [-0.1, -0.05) is 24.3 Å². The molecule has 1 aliphatic rings. The molecule has 25 heavy (non-hydrogen) atoms. The van der Waals surface area contributed by atoms with E-state index in [0.29, 0.717) is 0 Å². The molecule has 4 rings (SSSR count). The second kappa shape index (κ2) is 7.01. The Morgan fingerprint density at radius 1 is 1.20 bits per heavy atom. The first-order valence-corrected chi connectivity index (χ1v) is 9.38. The normalized spacial score (nSPS) is 18.7. The molecule has 3 heteroatoms. The van der Waals surface area contributed by atoms with Gasteiger partial charge in [0.15, 0.2) is 0 Å². The number of hydrogen-bond acceptors (Lipinski definition) is 2. The zero-order valence-electron chi connectivity index (χ0n) is 15.3. The van der Waals surface area contributed by atoms with Gasteiger partial charge in [-0.3, -0.25) is 10.00 Å². The van der Waals surface area contributed by atoms with E-state index in [1.807, 2.05) is 6.20 Å². The lowest BCUT2D eigenvalue weighted by Gasteiger charge is -2.33. The number of aryl methyl sites for hydroxylation is 1. The number of benzene rings is 2. The number of nitrogens with zero attached hydrogens (tertiary/aromatic N) is 2. The van der Waals surface area contributed by atoms with Crippen LogP contribution in [0.3, 0.4) is 0 Å². The topological polar surface area (TPSA) is 31.9 Å². The van der Waals surface area contributed by atoms with E-state index in [0.717, 1.165) is 18.0 Å². The fourth-order valence-electron chi connectivity index (χ4n) is 4.14. The maximum absolute atomic E-state index is 4.13. The van der Waals surface area contributed by atoms with Crippen LogP contribution in [0.25, 0.3) is 10.9 Å². The van der Waals surface area contributed by atoms with E-state index in [-0.39, 0.29) is 0 Å². The standard InChI is InChI=1S/C22H27N3/c1-16-5-3-7-20(17(16)2)15-25-10-4-6-19(14-25)11-18-8-9-22-21(12-18)13-23-24-22/h3,5,7-9,12-13,19H,4,6,10-11,14-15H2,1-2H3,(H,23,24)/t19-/m1/s1. The third-order valence-electron chi connectivity index (χ3n) is 5.74. The lowest BCUT2D eigenvalue weighted by Crippen LogP contribution is -2.35. The summed E-state index contributed by atoms with van der Waals surface area (Å²) in [7, 11) is 0. The lowest BCUT2D eigenvalue weighted by molar-refractivity contribution is 0.167. The van der Waals surface area contributed by atoms with Gasteiger partial charge in [0.2, 0.25) is 0 Å². The average Bonchev–Trinajstić information content (AvgIpc) is 3.07. The summed E-state index contributed by atoms with van der Waals surface area (Å²) in [6, 6.07) is 13.4. The highest BCUT2D eigenvalue weighted by Crippen LogP contribution is 2.25. The molecule has 2 aromatic carbocycles. The van der Waals surface area contributed by atoms with Crippen LogP contribution in [0.4, 0.5) is 0 Å². The van der Waals surface area contributed by atoms with Gasteiger partial charge < -0.3 is 0 Å². The van der Waals surface area contributed by atoms with Gasteiger partial charge in [0.1, 0.15) is 0 Å². The Labute approximate surface area is 150 Å². The SMILES string of the molecule is Cc1cccc(CN2CCC[C@H](Cc3ccc4[nH]ncc4c3)C2)c1C. The molecule has 1 saturated heterocycles. The third kappa shape index (κ3) is 3.62. The van der Waals surface area contributed by atoms with Crippen molar-refractivity contribution in [3.63, 3.8) is 0 Å². The first kappa shape index (κ1) is 16.3.